The summed E-state index contributed by atoms with van der Waals surface area (Å²) in [5.74, 6) is 0. The van der Waals surface area contributed by atoms with Crippen molar-refractivity contribution in [1.29, 1.82) is 0 Å². The third kappa shape index (κ3) is 6.66. The third-order valence-corrected chi connectivity index (χ3v) is 9.12. The molecule has 1 aliphatic heterocycles. The average Bonchev–Trinajstić information content (AvgIpc) is 2.72. The highest BCUT2D eigenvalue weighted by Gasteiger charge is 2.29. The minimum absolute atomic E-state index is 0.0928. The van der Waals surface area contributed by atoms with Crippen LogP contribution >= 0.6 is 0 Å². The van der Waals surface area contributed by atoms with Crippen molar-refractivity contribution < 1.29 is 19.0 Å². The molecule has 1 fully saturated rings. The molecule has 0 spiro atoms. The van der Waals surface area contributed by atoms with Crippen LogP contribution in [0.2, 0.25) is 13.1 Å². The van der Waals surface area contributed by atoms with Crippen LogP contribution in [0.25, 0.3) is 0 Å². The lowest BCUT2D eigenvalue weighted by atomic mass is 10.2. The molecule has 2 aromatic carbocycles. The zero-order valence-corrected chi connectivity index (χ0v) is 20.4. The molecule has 3 rings (SSSR count). The van der Waals surface area contributed by atoms with Gasteiger partial charge >= 0.3 is 6.09 Å². The van der Waals surface area contributed by atoms with Crippen LogP contribution in [0.4, 0.5) is 10.5 Å². The number of ether oxygens (including phenoxy) is 3. The lowest BCUT2D eigenvalue weighted by Crippen LogP contribution is -2.54. The van der Waals surface area contributed by atoms with Gasteiger partial charge in [0.05, 0.1) is 6.61 Å². The Morgan fingerprint density at radius 2 is 1.81 bits per heavy atom. The average molecular weight is 442 g/mol. The number of amides is 1. The van der Waals surface area contributed by atoms with E-state index in [9.17, 15) is 4.79 Å². The van der Waals surface area contributed by atoms with Gasteiger partial charge in [-0.15, -0.1) is 0 Å². The van der Waals surface area contributed by atoms with Crippen LogP contribution in [0.15, 0.2) is 48.5 Å². The lowest BCUT2D eigenvalue weighted by Gasteiger charge is -2.28. The van der Waals surface area contributed by atoms with E-state index in [0.29, 0.717) is 6.61 Å². The summed E-state index contributed by atoms with van der Waals surface area (Å²) in [5, 5.41) is 5.46. The topological polar surface area (TPSA) is 56.8 Å². The molecular weight excluding hydrogens is 406 g/mol. The Bertz CT molecular complexity index is 868. The molecule has 1 heterocycles. The smallest absolute Gasteiger partial charge is 0.412 e. The van der Waals surface area contributed by atoms with Crippen molar-refractivity contribution in [2.24, 2.45) is 0 Å². The molecule has 0 aliphatic carbocycles. The number of rotatable bonds is 6. The molecule has 6 heteroatoms. The van der Waals surface area contributed by atoms with Crippen molar-refractivity contribution >= 4 is 30.2 Å². The minimum Gasteiger partial charge on any atom is -0.444 e. The van der Waals surface area contributed by atoms with Crippen molar-refractivity contribution in [3.8, 4) is 0 Å². The van der Waals surface area contributed by atoms with Gasteiger partial charge in [0.2, 0.25) is 0 Å². The number of carbonyl (C=O) groups excluding carboxylic acids is 1. The number of benzene rings is 2. The van der Waals surface area contributed by atoms with Crippen LogP contribution in [0.3, 0.4) is 0 Å². The fourth-order valence-corrected chi connectivity index (χ4v) is 6.61. The van der Waals surface area contributed by atoms with E-state index in [1.807, 2.05) is 32.9 Å². The van der Waals surface area contributed by atoms with Gasteiger partial charge < -0.3 is 14.2 Å². The molecule has 1 unspecified atom stereocenters. The summed E-state index contributed by atoms with van der Waals surface area (Å²) >= 11 is 0. The van der Waals surface area contributed by atoms with Crippen LogP contribution in [0.1, 0.15) is 45.6 Å². The Balaban J connectivity index is 1.71. The van der Waals surface area contributed by atoms with Crippen LogP contribution in [0.5, 0.6) is 0 Å². The van der Waals surface area contributed by atoms with Gasteiger partial charge in [-0.3, -0.25) is 5.32 Å². The van der Waals surface area contributed by atoms with Gasteiger partial charge in [-0.1, -0.05) is 54.7 Å². The molecule has 5 nitrogen and oxygen atoms in total. The molecule has 1 atom stereocenters. The number of carbonyl (C=O) groups is 1. The first-order valence-corrected chi connectivity index (χ1v) is 14.1. The number of hydrogen-bond acceptors (Lipinski definition) is 4. The zero-order valence-electron chi connectivity index (χ0n) is 19.4. The molecule has 168 valence electrons. The first-order valence-electron chi connectivity index (χ1n) is 11.1. The van der Waals surface area contributed by atoms with Gasteiger partial charge in [0.25, 0.3) is 0 Å². The maximum Gasteiger partial charge on any atom is 0.412 e. The van der Waals surface area contributed by atoms with E-state index in [4.69, 9.17) is 14.2 Å². The van der Waals surface area contributed by atoms with Crippen LogP contribution in [0, 0.1) is 0 Å². The van der Waals surface area contributed by atoms with E-state index in [1.165, 1.54) is 15.9 Å². The minimum atomic E-state index is -1.95. The Morgan fingerprint density at radius 3 is 2.45 bits per heavy atom. The quantitative estimate of drug-likeness (QED) is 0.648. The molecule has 2 aromatic rings. The molecule has 1 saturated heterocycles. The first kappa shape index (κ1) is 23.5. The third-order valence-electron chi connectivity index (χ3n) is 5.51. The molecule has 0 radical (unpaired) electrons. The van der Waals surface area contributed by atoms with Gasteiger partial charge in [-0.05, 0) is 62.9 Å². The van der Waals surface area contributed by atoms with Gasteiger partial charge in [0.15, 0.2) is 6.29 Å². The molecule has 1 amide bonds. The summed E-state index contributed by atoms with van der Waals surface area (Å²) in [6.07, 6.45) is 2.72. The SMILES string of the molecule is CC(C)(C)OC(=O)Nc1ccc([Si](C)(C)c2ccccc2COC2CCCCO2)cc1. The fourth-order valence-electron chi connectivity index (χ4n) is 3.83. The van der Waals surface area contributed by atoms with Crippen LogP contribution in [-0.2, 0) is 20.8 Å². The van der Waals surface area contributed by atoms with E-state index < -0.39 is 19.8 Å². The largest absolute Gasteiger partial charge is 0.444 e. The van der Waals surface area contributed by atoms with E-state index in [-0.39, 0.29) is 6.29 Å². The van der Waals surface area contributed by atoms with Gasteiger partial charge in [0, 0.05) is 12.3 Å². The summed E-state index contributed by atoms with van der Waals surface area (Å²) in [4.78, 5) is 12.0. The van der Waals surface area contributed by atoms with E-state index in [2.05, 4.69) is 54.8 Å². The van der Waals surface area contributed by atoms with Crippen molar-refractivity contribution in [3.05, 3.63) is 54.1 Å². The van der Waals surface area contributed by atoms with Crippen molar-refractivity contribution in [3.63, 3.8) is 0 Å². The first-order chi connectivity index (χ1) is 14.6. The zero-order chi connectivity index (χ0) is 22.5. The normalized spacial score (nSPS) is 17.3. The highest BCUT2D eigenvalue weighted by molar-refractivity contribution is 7.00. The predicted molar refractivity (Wildman–Crippen MR) is 128 cm³/mol. The molecular formula is C25H35NO4Si. The fraction of sp³-hybridized carbons (Fsp3) is 0.480. The second-order valence-electron chi connectivity index (χ2n) is 9.59. The number of hydrogen-bond donors (Lipinski definition) is 1. The highest BCUT2D eigenvalue weighted by atomic mass is 28.3. The summed E-state index contributed by atoms with van der Waals surface area (Å²) in [7, 11) is -1.95. The Kier molecular flexibility index (Phi) is 7.57. The summed E-state index contributed by atoms with van der Waals surface area (Å²) in [6, 6.07) is 16.7. The molecule has 1 N–H and O–H groups in total. The van der Waals surface area contributed by atoms with Gasteiger partial charge in [0.1, 0.15) is 13.7 Å². The van der Waals surface area contributed by atoms with E-state index >= 15 is 0 Å². The number of anilines is 1. The van der Waals surface area contributed by atoms with Crippen molar-refractivity contribution in [2.75, 3.05) is 11.9 Å². The Hall–Kier alpha value is -2.15. The second kappa shape index (κ2) is 9.98. The van der Waals surface area contributed by atoms with E-state index in [1.54, 1.807) is 0 Å². The lowest BCUT2D eigenvalue weighted by molar-refractivity contribution is -0.168. The summed E-state index contributed by atoms with van der Waals surface area (Å²) < 4.78 is 17.1. The van der Waals surface area contributed by atoms with Crippen LogP contribution < -0.4 is 15.7 Å². The Labute approximate surface area is 187 Å². The predicted octanol–water partition coefficient (Wildman–Crippen LogP) is 4.90. The van der Waals surface area contributed by atoms with Crippen LogP contribution in [-0.4, -0.2) is 32.7 Å². The second-order valence-corrected chi connectivity index (χ2v) is 14.0. The Morgan fingerprint density at radius 1 is 1.10 bits per heavy atom. The molecule has 1 aliphatic rings. The van der Waals surface area contributed by atoms with Gasteiger partial charge in [-0.2, -0.15) is 0 Å². The highest BCUT2D eigenvalue weighted by Crippen LogP contribution is 2.17. The number of nitrogens with one attached hydrogen (secondary N) is 1. The standard InChI is InChI=1S/C25H35NO4Si/c1-25(2,3)30-24(27)26-20-13-15-21(16-14-20)31(4,5)22-11-7-6-10-19(22)18-29-23-12-8-9-17-28-23/h6-7,10-11,13-16,23H,8-9,12,17-18H2,1-5H3,(H,26,27). The molecule has 0 aromatic heterocycles. The maximum atomic E-state index is 12.0. The molecule has 0 saturated carbocycles. The summed E-state index contributed by atoms with van der Waals surface area (Å²) in [5.41, 5.74) is 1.44. The van der Waals surface area contributed by atoms with Crippen molar-refractivity contribution in [2.45, 2.75) is 71.6 Å². The van der Waals surface area contributed by atoms with Gasteiger partial charge in [-0.25, -0.2) is 4.79 Å². The monoisotopic (exact) mass is 441 g/mol. The van der Waals surface area contributed by atoms with Crippen molar-refractivity contribution in [1.82, 2.24) is 0 Å². The molecule has 31 heavy (non-hydrogen) atoms. The molecule has 0 bridgehead atoms. The maximum absolute atomic E-state index is 12.0. The van der Waals surface area contributed by atoms with E-state index in [0.717, 1.165) is 31.6 Å². The summed E-state index contributed by atoms with van der Waals surface area (Å²) in [6.45, 7) is 11.6.